The molecule has 182 valence electrons. The topological polar surface area (TPSA) is 46.2 Å². The van der Waals surface area contributed by atoms with Crippen LogP contribution >= 0.6 is 69.9 Å². The van der Waals surface area contributed by atoms with Crippen molar-refractivity contribution in [2.24, 2.45) is 0 Å². The number of benzene rings is 2. The maximum Gasteiger partial charge on any atom is 0.263 e. The van der Waals surface area contributed by atoms with E-state index in [0.29, 0.717) is 9.23 Å². The summed E-state index contributed by atoms with van der Waals surface area (Å²) in [7, 11) is 0. The summed E-state index contributed by atoms with van der Waals surface area (Å²) in [6, 6.07) is 19.6. The van der Waals surface area contributed by atoms with Crippen LogP contribution in [0.5, 0.6) is 0 Å². The van der Waals surface area contributed by atoms with Crippen LogP contribution in [0.25, 0.3) is 6.08 Å². The Morgan fingerprint density at radius 2 is 1.28 bits per heavy atom. The molecule has 3 nitrogen and oxygen atoms in total. The number of thioether (sulfide) groups is 1. The van der Waals surface area contributed by atoms with Crippen LogP contribution in [0.15, 0.2) is 76.3 Å². The summed E-state index contributed by atoms with van der Waals surface area (Å²) in [6.45, 7) is 0. The first-order valence-electron chi connectivity index (χ1n) is 10.7. The molecule has 2 aromatic heterocycles. The van der Waals surface area contributed by atoms with Crippen molar-refractivity contribution < 1.29 is 9.59 Å². The molecule has 2 aromatic carbocycles. The summed E-state index contributed by atoms with van der Waals surface area (Å²) in [6.07, 6.45) is 4.47. The molecule has 0 aliphatic carbocycles. The number of carbonyl (C=O) groups is 2. The Balaban J connectivity index is 0.000000179. The standard InChI is InChI=1S/C15H10ClNOS3.C12H9ClOS/c16-11-3-1-9(2-4-11)5-10-6-12(20-8-10)7-13-14(18)17-15(19)21-13;13-11-3-1-9(2-4-11)5-10-6-12(7-14)15-8-10/h1-4,6-8H,5H2,(H,17,18,19);1-4,6-8H,5H2/b13-7-;. The van der Waals surface area contributed by atoms with Gasteiger partial charge in [0.25, 0.3) is 5.91 Å². The smallest absolute Gasteiger partial charge is 0.263 e. The van der Waals surface area contributed by atoms with Crippen molar-refractivity contribution in [3.63, 3.8) is 0 Å². The van der Waals surface area contributed by atoms with Gasteiger partial charge in [-0.1, -0.05) is 71.4 Å². The second-order valence-corrected chi connectivity index (χ2v) is 12.3. The van der Waals surface area contributed by atoms with Crippen LogP contribution in [0, 0.1) is 0 Å². The zero-order valence-electron chi connectivity index (χ0n) is 18.7. The highest BCUT2D eigenvalue weighted by Crippen LogP contribution is 2.28. The molecule has 1 aliphatic heterocycles. The summed E-state index contributed by atoms with van der Waals surface area (Å²) < 4.78 is 0.518. The maximum absolute atomic E-state index is 11.6. The molecule has 0 spiro atoms. The average Bonchev–Trinajstić information content (AvgIpc) is 3.58. The van der Waals surface area contributed by atoms with Gasteiger partial charge in [-0.3, -0.25) is 9.59 Å². The Bertz CT molecular complexity index is 1410. The Morgan fingerprint density at radius 3 is 1.72 bits per heavy atom. The minimum absolute atomic E-state index is 0.113. The van der Waals surface area contributed by atoms with E-state index in [2.05, 4.69) is 16.8 Å². The lowest BCUT2D eigenvalue weighted by molar-refractivity contribution is -0.115. The predicted octanol–water partition coefficient (Wildman–Crippen LogP) is 8.29. The van der Waals surface area contributed by atoms with Crippen molar-refractivity contribution in [1.82, 2.24) is 5.32 Å². The molecule has 36 heavy (non-hydrogen) atoms. The van der Waals surface area contributed by atoms with E-state index in [4.69, 9.17) is 35.4 Å². The van der Waals surface area contributed by atoms with Gasteiger partial charge in [-0.05, 0) is 88.3 Å². The summed E-state index contributed by atoms with van der Waals surface area (Å²) in [5.41, 5.74) is 4.81. The van der Waals surface area contributed by atoms with Gasteiger partial charge in [-0.2, -0.15) is 0 Å². The van der Waals surface area contributed by atoms with E-state index < -0.39 is 0 Å². The van der Waals surface area contributed by atoms with E-state index in [9.17, 15) is 9.59 Å². The molecule has 1 aliphatic rings. The summed E-state index contributed by atoms with van der Waals surface area (Å²) in [4.78, 5) is 24.6. The van der Waals surface area contributed by atoms with Crippen molar-refractivity contribution in [2.45, 2.75) is 12.8 Å². The quantitative estimate of drug-likeness (QED) is 0.140. The first-order chi connectivity index (χ1) is 17.4. The largest absolute Gasteiger partial charge is 0.307 e. The number of hydrogen-bond donors (Lipinski definition) is 1. The van der Waals surface area contributed by atoms with E-state index in [1.54, 1.807) is 11.3 Å². The van der Waals surface area contributed by atoms with Crippen LogP contribution < -0.4 is 5.32 Å². The Kier molecular flexibility index (Phi) is 9.53. The van der Waals surface area contributed by atoms with Crippen LogP contribution in [0.1, 0.15) is 36.8 Å². The van der Waals surface area contributed by atoms with E-state index >= 15 is 0 Å². The van der Waals surface area contributed by atoms with Crippen molar-refractivity contribution in [3.8, 4) is 0 Å². The van der Waals surface area contributed by atoms with Gasteiger partial charge in [0.1, 0.15) is 4.32 Å². The first kappa shape index (κ1) is 26.8. The summed E-state index contributed by atoms with van der Waals surface area (Å²) >= 11 is 21.1. The molecule has 3 heterocycles. The van der Waals surface area contributed by atoms with Crippen molar-refractivity contribution in [2.75, 3.05) is 0 Å². The third kappa shape index (κ3) is 7.87. The molecule has 4 aromatic rings. The molecule has 1 amide bonds. The second-order valence-electron chi connectivity index (χ2n) is 7.79. The van der Waals surface area contributed by atoms with Gasteiger partial charge in [-0.25, -0.2) is 0 Å². The highest BCUT2D eigenvalue weighted by atomic mass is 35.5. The number of amides is 1. The van der Waals surface area contributed by atoms with E-state index in [0.717, 1.165) is 38.9 Å². The molecule has 5 rings (SSSR count). The highest BCUT2D eigenvalue weighted by Gasteiger charge is 2.22. The third-order valence-corrected chi connectivity index (χ3v) is 8.52. The fourth-order valence-corrected chi connectivity index (χ4v) is 6.26. The van der Waals surface area contributed by atoms with Crippen LogP contribution in [0.4, 0.5) is 0 Å². The predicted molar refractivity (Wildman–Crippen MR) is 159 cm³/mol. The SMILES string of the molecule is O=C1NC(=S)S/C1=C\c1cc(Cc2ccc(Cl)cc2)cs1.O=Cc1cc(Cc2ccc(Cl)cc2)cs1. The molecule has 1 saturated heterocycles. The molecule has 9 heteroatoms. The Morgan fingerprint density at radius 1 is 0.778 bits per heavy atom. The van der Waals surface area contributed by atoms with E-state index in [-0.39, 0.29) is 5.91 Å². The molecule has 0 unspecified atom stereocenters. The lowest BCUT2D eigenvalue weighted by Crippen LogP contribution is -2.17. The van der Waals surface area contributed by atoms with Gasteiger partial charge < -0.3 is 5.32 Å². The molecule has 0 saturated carbocycles. The number of thiocarbonyl (C=S) groups is 1. The van der Waals surface area contributed by atoms with Crippen LogP contribution in [-0.4, -0.2) is 16.5 Å². The molecule has 1 N–H and O–H groups in total. The summed E-state index contributed by atoms with van der Waals surface area (Å²) in [5, 5.41) is 8.23. The van der Waals surface area contributed by atoms with Crippen molar-refractivity contribution in [1.29, 1.82) is 0 Å². The van der Waals surface area contributed by atoms with Gasteiger partial charge in [0.2, 0.25) is 0 Å². The van der Waals surface area contributed by atoms with Gasteiger partial charge in [0.05, 0.1) is 9.78 Å². The molecule has 0 atom stereocenters. The van der Waals surface area contributed by atoms with Gasteiger partial charge in [-0.15, -0.1) is 22.7 Å². The van der Waals surface area contributed by atoms with Crippen molar-refractivity contribution in [3.05, 3.63) is 118 Å². The fourth-order valence-electron chi connectivity index (χ4n) is 3.34. The molecular formula is C27H19Cl2NO2S4. The zero-order valence-corrected chi connectivity index (χ0v) is 23.5. The Labute approximate surface area is 237 Å². The number of hydrogen-bond acceptors (Lipinski definition) is 6. The fraction of sp³-hybridized carbons (Fsp3) is 0.0741. The molecule has 0 radical (unpaired) electrons. The number of aldehydes is 1. The number of nitrogens with one attached hydrogen (secondary N) is 1. The molecular weight excluding hydrogens is 569 g/mol. The first-order valence-corrected chi connectivity index (χ1v) is 14.5. The van der Waals surface area contributed by atoms with Crippen LogP contribution in [0.3, 0.4) is 0 Å². The minimum atomic E-state index is -0.113. The number of carbonyl (C=O) groups excluding carboxylic acids is 2. The molecule has 1 fully saturated rings. The number of rotatable bonds is 6. The average molecular weight is 589 g/mol. The lowest BCUT2D eigenvalue weighted by Gasteiger charge is -1.98. The monoisotopic (exact) mass is 587 g/mol. The Hall–Kier alpha value is -2.26. The molecule has 0 bridgehead atoms. The van der Waals surface area contributed by atoms with Crippen LogP contribution in [-0.2, 0) is 17.6 Å². The normalized spacial score (nSPS) is 13.9. The van der Waals surface area contributed by atoms with Crippen LogP contribution in [0.2, 0.25) is 10.0 Å². The third-order valence-electron chi connectivity index (χ3n) is 5.02. The van der Waals surface area contributed by atoms with Gasteiger partial charge >= 0.3 is 0 Å². The van der Waals surface area contributed by atoms with E-state index in [1.807, 2.05) is 66.1 Å². The van der Waals surface area contributed by atoms with Gasteiger partial charge in [0, 0.05) is 14.9 Å². The second kappa shape index (κ2) is 12.8. The highest BCUT2D eigenvalue weighted by molar-refractivity contribution is 8.26. The van der Waals surface area contributed by atoms with Gasteiger partial charge in [0.15, 0.2) is 6.29 Å². The maximum atomic E-state index is 11.6. The number of halogens is 2. The van der Waals surface area contributed by atoms with E-state index in [1.165, 1.54) is 45.4 Å². The minimum Gasteiger partial charge on any atom is -0.307 e. The zero-order chi connectivity index (χ0) is 25.5. The lowest BCUT2D eigenvalue weighted by atomic mass is 10.1. The van der Waals surface area contributed by atoms with Crippen molar-refractivity contribution >= 4 is 92.4 Å². The summed E-state index contributed by atoms with van der Waals surface area (Å²) in [5.74, 6) is -0.113. The number of thiophene rings is 2.